The van der Waals surface area contributed by atoms with Crippen LogP contribution in [0.15, 0.2) is 30.6 Å². The molecule has 0 radical (unpaired) electrons. The molecule has 2 rings (SSSR count). The minimum absolute atomic E-state index is 0.0137. The number of hydrogen-bond acceptors (Lipinski definition) is 4. The molecule has 24 heavy (non-hydrogen) atoms. The third kappa shape index (κ3) is 5.39. The summed E-state index contributed by atoms with van der Waals surface area (Å²) >= 11 is 5.70. The molecule has 0 aliphatic rings. The van der Waals surface area contributed by atoms with Crippen LogP contribution in [0, 0.1) is 11.3 Å². The van der Waals surface area contributed by atoms with Crippen molar-refractivity contribution in [2.75, 3.05) is 0 Å². The molecular weight excluding hydrogens is 343 g/mol. The largest absolute Gasteiger partial charge is 0.424 e. The Morgan fingerprint density at radius 2 is 1.88 bits per heavy atom. The van der Waals surface area contributed by atoms with Gasteiger partial charge in [0.05, 0.1) is 29.0 Å². The Kier molecular flexibility index (Phi) is 5.99. The van der Waals surface area contributed by atoms with E-state index >= 15 is 0 Å². The maximum Gasteiger partial charge on any atom is 0.389 e. The quantitative estimate of drug-likeness (QED) is 0.679. The first-order valence-corrected chi connectivity index (χ1v) is 7.51. The van der Waals surface area contributed by atoms with E-state index in [1.165, 1.54) is 12.4 Å². The topological polar surface area (TPSA) is 58.8 Å². The fraction of sp³-hybridized carbons (Fsp3) is 0.312. The zero-order valence-electron chi connectivity index (χ0n) is 12.5. The Labute approximate surface area is 141 Å². The van der Waals surface area contributed by atoms with Gasteiger partial charge in [-0.1, -0.05) is 17.7 Å². The fourth-order valence-electron chi connectivity index (χ4n) is 2.10. The molecule has 4 nitrogen and oxygen atoms in total. The summed E-state index contributed by atoms with van der Waals surface area (Å²) in [4.78, 5) is 7.80. The van der Waals surface area contributed by atoms with Gasteiger partial charge in [-0.2, -0.15) is 18.4 Å². The predicted molar refractivity (Wildman–Crippen MR) is 81.9 cm³/mol. The van der Waals surface area contributed by atoms with Crippen LogP contribution >= 0.6 is 11.6 Å². The van der Waals surface area contributed by atoms with E-state index in [0.29, 0.717) is 28.3 Å². The van der Waals surface area contributed by atoms with E-state index in [-0.39, 0.29) is 18.9 Å². The number of rotatable bonds is 6. The molecule has 0 amide bonds. The number of alkyl halides is 3. The molecule has 0 atom stereocenters. The van der Waals surface area contributed by atoms with E-state index < -0.39 is 12.6 Å². The standard InChI is InChI=1S/C16H13ClF3N3O/c17-12-9-22-15(23-10-12)24-14-6-3-4-11(8-21)13(14)5-1-2-7-16(18,19)20/h3-4,6,9-10H,1-2,5,7H2. The first-order valence-electron chi connectivity index (χ1n) is 7.13. The number of nitrogens with zero attached hydrogens (tertiary/aromatic N) is 3. The van der Waals surface area contributed by atoms with Crippen LogP contribution in [0.25, 0.3) is 0 Å². The van der Waals surface area contributed by atoms with Crippen LogP contribution < -0.4 is 4.74 Å². The van der Waals surface area contributed by atoms with Crippen LogP contribution in [-0.2, 0) is 6.42 Å². The lowest BCUT2D eigenvalue weighted by molar-refractivity contribution is -0.135. The number of hydrogen-bond donors (Lipinski definition) is 0. The van der Waals surface area contributed by atoms with E-state index in [1.807, 2.05) is 6.07 Å². The van der Waals surface area contributed by atoms with Gasteiger partial charge in [-0.3, -0.25) is 0 Å². The number of aromatic nitrogens is 2. The number of nitriles is 1. The molecule has 0 spiro atoms. The molecule has 8 heteroatoms. The molecule has 0 fully saturated rings. The average Bonchev–Trinajstić information content (AvgIpc) is 2.53. The number of unbranched alkanes of at least 4 members (excludes halogenated alkanes) is 1. The van der Waals surface area contributed by atoms with Crippen molar-refractivity contribution < 1.29 is 17.9 Å². The van der Waals surface area contributed by atoms with E-state index in [9.17, 15) is 18.4 Å². The molecular formula is C16H13ClF3N3O. The summed E-state index contributed by atoms with van der Waals surface area (Å²) in [7, 11) is 0. The molecule has 0 unspecified atom stereocenters. The van der Waals surface area contributed by atoms with E-state index in [1.54, 1.807) is 18.2 Å². The van der Waals surface area contributed by atoms with Gasteiger partial charge >= 0.3 is 12.2 Å². The van der Waals surface area contributed by atoms with Crippen molar-refractivity contribution in [1.82, 2.24) is 9.97 Å². The van der Waals surface area contributed by atoms with Crippen LogP contribution in [-0.4, -0.2) is 16.1 Å². The SMILES string of the molecule is N#Cc1cccc(Oc2ncc(Cl)cn2)c1CCCCC(F)(F)F. The lowest BCUT2D eigenvalue weighted by atomic mass is 10.0. The lowest BCUT2D eigenvalue weighted by Gasteiger charge is -2.12. The summed E-state index contributed by atoms with van der Waals surface area (Å²) in [5.41, 5.74) is 0.897. The summed E-state index contributed by atoms with van der Waals surface area (Å²) < 4.78 is 42.2. The van der Waals surface area contributed by atoms with Gasteiger partial charge in [0.15, 0.2) is 0 Å². The zero-order chi connectivity index (χ0) is 17.6. The molecule has 0 saturated carbocycles. The van der Waals surface area contributed by atoms with Crippen molar-refractivity contribution >= 4 is 11.6 Å². The molecule has 0 N–H and O–H groups in total. The van der Waals surface area contributed by atoms with Crippen LogP contribution in [0.2, 0.25) is 5.02 Å². The lowest BCUT2D eigenvalue weighted by Crippen LogP contribution is -2.07. The van der Waals surface area contributed by atoms with Crippen molar-refractivity contribution in [2.24, 2.45) is 0 Å². The summed E-state index contributed by atoms with van der Waals surface area (Å²) in [5, 5.41) is 9.54. The van der Waals surface area contributed by atoms with Crippen LogP contribution in [0.1, 0.15) is 30.4 Å². The first-order chi connectivity index (χ1) is 11.4. The third-order valence-corrected chi connectivity index (χ3v) is 3.38. The molecule has 1 aromatic heterocycles. The Morgan fingerprint density at radius 3 is 2.50 bits per heavy atom. The predicted octanol–water partition coefficient (Wildman–Crippen LogP) is 5.07. The van der Waals surface area contributed by atoms with Gasteiger partial charge in [-0.25, -0.2) is 9.97 Å². The number of benzene rings is 1. The molecule has 0 bridgehead atoms. The van der Waals surface area contributed by atoms with Gasteiger partial charge in [0.2, 0.25) is 0 Å². The van der Waals surface area contributed by atoms with Gasteiger partial charge in [0.25, 0.3) is 0 Å². The maximum atomic E-state index is 12.2. The van der Waals surface area contributed by atoms with E-state index in [2.05, 4.69) is 9.97 Å². The van der Waals surface area contributed by atoms with Gasteiger partial charge in [0, 0.05) is 12.0 Å². The van der Waals surface area contributed by atoms with E-state index in [4.69, 9.17) is 16.3 Å². The molecule has 1 aromatic carbocycles. The average molecular weight is 356 g/mol. The Balaban J connectivity index is 2.13. The molecule has 1 heterocycles. The second-order valence-corrected chi connectivity index (χ2v) is 5.44. The van der Waals surface area contributed by atoms with Gasteiger partial charge in [-0.15, -0.1) is 0 Å². The van der Waals surface area contributed by atoms with Crippen molar-refractivity contribution in [3.8, 4) is 17.8 Å². The van der Waals surface area contributed by atoms with Crippen molar-refractivity contribution in [3.05, 3.63) is 46.7 Å². The summed E-state index contributed by atoms with van der Waals surface area (Å²) in [6, 6.07) is 6.91. The normalized spacial score (nSPS) is 11.1. The molecule has 126 valence electrons. The summed E-state index contributed by atoms with van der Waals surface area (Å²) in [6.45, 7) is 0. The first kappa shape index (κ1) is 18.0. The summed E-state index contributed by atoms with van der Waals surface area (Å²) in [6.07, 6.45) is -1.73. The zero-order valence-corrected chi connectivity index (χ0v) is 13.2. The van der Waals surface area contributed by atoms with Crippen molar-refractivity contribution in [2.45, 2.75) is 31.9 Å². The van der Waals surface area contributed by atoms with Gasteiger partial charge in [-0.05, 0) is 31.4 Å². The van der Waals surface area contributed by atoms with E-state index in [0.717, 1.165) is 0 Å². The number of halogens is 4. The monoisotopic (exact) mass is 355 g/mol. The van der Waals surface area contributed by atoms with Crippen LogP contribution in [0.4, 0.5) is 13.2 Å². The van der Waals surface area contributed by atoms with Crippen molar-refractivity contribution in [3.63, 3.8) is 0 Å². The third-order valence-electron chi connectivity index (χ3n) is 3.19. The molecule has 2 aromatic rings. The Bertz CT molecular complexity index is 727. The highest BCUT2D eigenvalue weighted by molar-refractivity contribution is 6.30. The molecule has 0 aliphatic carbocycles. The fourth-order valence-corrected chi connectivity index (χ4v) is 2.20. The minimum Gasteiger partial charge on any atom is -0.424 e. The Morgan fingerprint density at radius 1 is 1.17 bits per heavy atom. The van der Waals surface area contributed by atoms with Gasteiger partial charge in [0.1, 0.15) is 5.75 Å². The highest BCUT2D eigenvalue weighted by Gasteiger charge is 2.26. The minimum atomic E-state index is -4.18. The number of ether oxygens (including phenoxy) is 1. The van der Waals surface area contributed by atoms with Crippen molar-refractivity contribution in [1.29, 1.82) is 5.26 Å². The molecule has 0 aliphatic heterocycles. The summed E-state index contributed by atoms with van der Waals surface area (Å²) in [5.74, 6) is 0.350. The molecule has 0 saturated heterocycles. The Hall–Kier alpha value is -2.33. The second kappa shape index (κ2) is 7.97. The van der Waals surface area contributed by atoms with Crippen LogP contribution in [0.3, 0.4) is 0 Å². The maximum absolute atomic E-state index is 12.2. The highest BCUT2D eigenvalue weighted by Crippen LogP contribution is 2.29. The van der Waals surface area contributed by atoms with Crippen LogP contribution in [0.5, 0.6) is 11.8 Å². The smallest absolute Gasteiger partial charge is 0.389 e. The highest BCUT2D eigenvalue weighted by atomic mass is 35.5. The van der Waals surface area contributed by atoms with Gasteiger partial charge < -0.3 is 4.74 Å². The second-order valence-electron chi connectivity index (χ2n) is 5.00.